The van der Waals surface area contributed by atoms with Crippen LogP contribution in [0.1, 0.15) is 52.4 Å². The highest BCUT2D eigenvalue weighted by Crippen LogP contribution is 2.11. The van der Waals surface area contributed by atoms with Crippen molar-refractivity contribution in [1.29, 1.82) is 0 Å². The number of hydrogen-bond donors (Lipinski definition) is 1. The first-order valence-electron chi connectivity index (χ1n) is 6.01. The molecule has 0 radical (unpaired) electrons. The van der Waals surface area contributed by atoms with Gasteiger partial charge in [0.05, 0.1) is 6.61 Å². The molecule has 0 saturated carbocycles. The minimum Gasteiger partial charge on any atom is -0.466 e. The van der Waals surface area contributed by atoms with Gasteiger partial charge in [0.15, 0.2) is 0 Å². The summed E-state index contributed by atoms with van der Waals surface area (Å²) in [6.07, 6.45) is 5.19. The Bertz CT molecular complexity index is 153. The molecule has 0 saturated heterocycles. The summed E-state index contributed by atoms with van der Waals surface area (Å²) in [5.74, 6) is 0.240. The van der Waals surface area contributed by atoms with Gasteiger partial charge in [0.1, 0.15) is 0 Å². The van der Waals surface area contributed by atoms with Crippen molar-refractivity contribution in [2.24, 2.45) is 5.92 Å². The van der Waals surface area contributed by atoms with Crippen molar-refractivity contribution < 1.29 is 14.6 Å². The summed E-state index contributed by atoms with van der Waals surface area (Å²) < 4.78 is 5.03. The summed E-state index contributed by atoms with van der Waals surface area (Å²) in [5.41, 5.74) is 0. The van der Waals surface area contributed by atoms with Crippen molar-refractivity contribution in [3.63, 3.8) is 0 Å². The molecule has 1 N–H and O–H groups in total. The fraction of sp³-hybridized carbons (Fsp3) is 0.917. The van der Waals surface area contributed by atoms with Crippen LogP contribution in [0.25, 0.3) is 0 Å². The van der Waals surface area contributed by atoms with Gasteiger partial charge in [-0.1, -0.05) is 26.7 Å². The van der Waals surface area contributed by atoms with Crippen LogP contribution in [0.4, 0.5) is 0 Å². The Morgan fingerprint density at radius 3 is 2.60 bits per heavy atom. The lowest BCUT2D eigenvalue weighted by atomic mass is 10.0. The van der Waals surface area contributed by atoms with E-state index >= 15 is 0 Å². The monoisotopic (exact) mass is 216 g/mol. The number of carbonyl (C=O) groups is 1. The molecule has 0 aromatic carbocycles. The van der Waals surface area contributed by atoms with Gasteiger partial charge in [-0.15, -0.1) is 0 Å². The molecule has 0 heterocycles. The molecule has 1 unspecified atom stereocenters. The van der Waals surface area contributed by atoms with Crippen LogP contribution in [-0.2, 0) is 9.53 Å². The highest BCUT2D eigenvalue weighted by Gasteiger charge is 2.07. The topological polar surface area (TPSA) is 46.5 Å². The first-order chi connectivity index (χ1) is 7.24. The van der Waals surface area contributed by atoms with E-state index in [9.17, 15) is 4.79 Å². The molecule has 0 aliphatic heterocycles. The lowest BCUT2D eigenvalue weighted by molar-refractivity contribution is -0.143. The maximum absolute atomic E-state index is 11.2. The molecule has 0 aliphatic rings. The molecule has 0 rings (SSSR count). The molecule has 1 atom stereocenters. The number of unbranched alkanes of at least 4 members (excludes halogenated alkanes) is 1. The standard InChI is InChI=1S/C12H24O3/c1-3-5-9-15-12(14)8-6-7-11(4-2)10-13/h11,13H,3-10H2,1-2H3. The second-order valence-corrected chi connectivity index (χ2v) is 3.92. The predicted molar refractivity (Wildman–Crippen MR) is 60.6 cm³/mol. The molecule has 15 heavy (non-hydrogen) atoms. The Morgan fingerprint density at radius 2 is 2.07 bits per heavy atom. The quantitative estimate of drug-likeness (QED) is 0.476. The minimum absolute atomic E-state index is 0.101. The van der Waals surface area contributed by atoms with Gasteiger partial charge in [-0.3, -0.25) is 4.79 Å². The molecule has 0 amide bonds. The number of ether oxygens (including phenoxy) is 1. The van der Waals surface area contributed by atoms with Crippen LogP contribution in [0.3, 0.4) is 0 Å². The number of aliphatic hydroxyl groups excluding tert-OH is 1. The molecule has 0 aromatic heterocycles. The van der Waals surface area contributed by atoms with Crippen LogP contribution in [0.5, 0.6) is 0 Å². The zero-order valence-electron chi connectivity index (χ0n) is 10.00. The molecule has 3 heteroatoms. The summed E-state index contributed by atoms with van der Waals surface area (Å²) in [4.78, 5) is 11.2. The molecule has 3 nitrogen and oxygen atoms in total. The molecule has 0 aromatic rings. The summed E-state index contributed by atoms with van der Waals surface area (Å²) in [6.45, 7) is 4.90. The molecular formula is C12H24O3. The normalized spacial score (nSPS) is 12.5. The van der Waals surface area contributed by atoms with Gasteiger partial charge in [0, 0.05) is 13.0 Å². The first kappa shape index (κ1) is 14.4. The van der Waals surface area contributed by atoms with Gasteiger partial charge in [-0.05, 0) is 25.2 Å². The maximum Gasteiger partial charge on any atom is 0.305 e. The molecule has 0 bridgehead atoms. The fourth-order valence-corrected chi connectivity index (χ4v) is 1.36. The second-order valence-electron chi connectivity index (χ2n) is 3.92. The number of esters is 1. The van der Waals surface area contributed by atoms with E-state index in [0.29, 0.717) is 18.9 Å². The second kappa shape index (κ2) is 9.97. The van der Waals surface area contributed by atoms with E-state index in [-0.39, 0.29) is 12.6 Å². The van der Waals surface area contributed by atoms with Gasteiger partial charge in [-0.25, -0.2) is 0 Å². The number of hydrogen-bond acceptors (Lipinski definition) is 3. The van der Waals surface area contributed by atoms with Gasteiger partial charge in [0.25, 0.3) is 0 Å². The van der Waals surface area contributed by atoms with Crippen molar-refractivity contribution in [2.45, 2.75) is 52.4 Å². The molecule has 90 valence electrons. The predicted octanol–water partition coefficient (Wildman–Crippen LogP) is 2.52. The van der Waals surface area contributed by atoms with E-state index in [4.69, 9.17) is 9.84 Å². The molecule has 0 aliphatic carbocycles. The zero-order valence-corrected chi connectivity index (χ0v) is 10.00. The fourth-order valence-electron chi connectivity index (χ4n) is 1.36. The van der Waals surface area contributed by atoms with E-state index in [1.165, 1.54) is 0 Å². The Labute approximate surface area is 92.8 Å². The van der Waals surface area contributed by atoms with Crippen molar-refractivity contribution in [2.75, 3.05) is 13.2 Å². The van der Waals surface area contributed by atoms with Crippen LogP contribution in [0, 0.1) is 5.92 Å². The molecule has 0 spiro atoms. The van der Waals surface area contributed by atoms with Crippen molar-refractivity contribution in [3.05, 3.63) is 0 Å². The molecular weight excluding hydrogens is 192 g/mol. The van der Waals surface area contributed by atoms with Gasteiger partial charge in [-0.2, -0.15) is 0 Å². The third-order valence-electron chi connectivity index (χ3n) is 2.59. The lowest BCUT2D eigenvalue weighted by Crippen LogP contribution is -2.08. The van der Waals surface area contributed by atoms with Crippen molar-refractivity contribution in [3.8, 4) is 0 Å². The molecule has 0 fully saturated rings. The largest absolute Gasteiger partial charge is 0.466 e. The Hall–Kier alpha value is -0.570. The van der Waals surface area contributed by atoms with Crippen LogP contribution in [0.2, 0.25) is 0 Å². The van der Waals surface area contributed by atoms with E-state index in [0.717, 1.165) is 32.1 Å². The SMILES string of the molecule is CCCCOC(=O)CCCC(CC)CO. The van der Waals surface area contributed by atoms with Gasteiger partial charge < -0.3 is 9.84 Å². The summed E-state index contributed by atoms with van der Waals surface area (Å²) in [7, 11) is 0. The average Bonchev–Trinajstić information content (AvgIpc) is 2.25. The van der Waals surface area contributed by atoms with Crippen LogP contribution in [0.15, 0.2) is 0 Å². The van der Waals surface area contributed by atoms with Gasteiger partial charge >= 0.3 is 5.97 Å². The van der Waals surface area contributed by atoms with Crippen molar-refractivity contribution in [1.82, 2.24) is 0 Å². The third-order valence-corrected chi connectivity index (χ3v) is 2.59. The van der Waals surface area contributed by atoms with E-state index in [2.05, 4.69) is 13.8 Å². The first-order valence-corrected chi connectivity index (χ1v) is 6.01. The van der Waals surface area contributed by atoms with E-state index in [1.54, 1.807) is 0 Å². The smallest absolute Gasteiger partial charge is 0.305 e. The van der Waals surface area contributed by atoms with Crippen LogP contribution >= 0.6 is 0 Å². The lowest BCUT2D eigenvalue weighted by Gasteiger charge is -2.10. The Kier molecular flexibility index (Phi) is 9.59. The summed E-state index contributed by atoms with van der Waals surface area (Å²) in [5, 5.41) is 8.95. The minimum atomic E-state index is -0.101. The number of carbonyl (C=O) groups excluding carboxylic acids is 1. The third kappa shape index (κ3) is 8.43. The van der Waals surface area contributed by atoms with Crippen LogP contribution in [-0.4, -0.2) is 24.3 Å². The summed E-state index contributed by atoms with van der Waals surface area (Å²) in [6, 6.07) is 0. The average molecular weight is 216 g/mol. The van der Waals surface area contributed by atoms with E-state index < -0.39 is 0 Å². The summed E-state index contributed by atoms with van der Waals surface area (Å²) >= 11 is 0. The number of aliphatic hydroxyl groups is 1. The van der Waals surface area contributed by atoms with Crippen LogP contribution < -0.4 is 0 Å². The maximum atomic E-state index is 11.2. The number of rotatable bonds is 9. The van der Waals surface area contributed by atoms with E-state index in [1.807, 2.05) is 0 Å². The Balaban J connectivity index is 3.37. The van der Waals surface area contributed by atoms with Gasteiger partial charge in [0.2, 0.25) is 0 Å². The van der Waals surface area contributed by atoms with Crippen molar-refractivity contribution >= 4 is 5.97 Å². The Morgan fingerprint density at radius 1 is 1.33 bits per heavy atom. The highest BCUT2D eigenvalue weighted by atomic mass is 16.5. The zero-order chi connectivity index (χ0) is 11.5. The highest BCUT2D eigenvalue weighted by molar-refractivity contribution is 5.69.